The van der Waals surface area contributed by atoms with E-state index in [1.807, 2.05) is 19.1 Å². The molecule has 2 fully saturated rings. The minimum absolute atomic E-state index is 0.0635. The highest BCUT2D eigenvalue weighted by Crippen LogP contribution is 2.33. The second-order valence-electron chi connectivity index (χ2n) is 8.26. The van der Waals surface area contributed by atoms with E-state index >= 15 is 0 Å². The molecule has 1 aliphatic carbocycles. The molecule has 3 rings (SSSR count). The zero-order valence-corrected chi connectivity index (χ0v) is 18.4. The lowest BCUT2D eigenvalue weighted by molar-refractivity contribution is -0.116. The number of aliphatic imine (C=N–C) groups is 1. The van der Waals surface area contributed by atoms with Gasteiger partial charge in [-0.05, 0) is 31.4 Å². The van der Waals surface area contributed by atoms with E-state index in [1.54, 1.807) is 13.2 Å². The van der Waals surface area contributed by atoms with Gasteiger partial charge in [0.05, 0.1) is 13.2 Å². The van der Waals surface area contributed by atoms with Gasteiger partial charge in [0.2, 0.25) is 5.91 Å². The van der Waals surface area contributed by atoms with E-state index in [-0.39, 0.29) is 11.4 Å². The first kappa shape index (κ1) is 22.5. The molecule has 8 nitrogen and oxygen atoms in total. The minimum Gasteiger partial charge on any atom is -0.379 e. The molecule has 1 amide bonds. The summed E-state index contributed by atoms with van der Waals surface area (Å²) < 4.78 is 5.57. The second-order valence-corrected chi connectivity index (χ2v) is 8.26. The molecule has 166 valence electrons. The van der Waals surface area contributed by atoms with Gasteiger partial charge >= 0.3 is 0 Å². The third kappa shape index (κ3) is 6.40. The van der Waals surface area contributed by atoms with Gasteiger partial charge in [0.25, 0.3) is 0 Å². The number of anilines is 1. The van der Waals surface area contributed by atoms with Gasteiger partial charge in [-0.1, -0.05) is 25.3 Å². The molecule has 30 heavy (non-hydrogen) atoms. The third-order valence-electron chi connectivity index (χ3n) is 6.10. The molecule has 1 saturated carbocycles. The van der Waals surface area contributed by atoms with E-state index in [9.17, 15) is 4.79 Å². The van der Waals surface area contributed by atoms with E-state index in [1.165, 1.54) is 32.1 Å². The summed E-state index contributed by atoms with van der Waals surface area (Å²) in [4.78, 5) is 23.3. The summed E-state index contributed by atoms with van der Waals surface area (Å²) in [5.41, 5.74) is 1.24. The van der Waals surface area contributed by atoms with Gasteiger partial charge in [0, 0.05) is 51.4 Å². The third-order valence-corrected chi connectivity index (χ3v) is 6.10. The number of nitrogens with zero attached hydrogens (tertiary/aromatic N) is 3. The highest BCUT2D eigenvalue weighted by Gasteiger charge is 2.38. The molecule has 0 unspecified atom stereocenters. The number of rotatable bonds is 7. The van der Waals surface area contributed by atoms with Crippen LogP contribution in [0.1, 0.15) is 44.1 Å². The summed E-state index contributed by atoms with van der Waals surface area (Å²) in [6.45, 7) is 6.99. The van der Waals surface area contributed by atoms with Crippen LogP contribution in [0.25, 0.3) is 0 Å². The fraction of sp³-hybridized carbons (Fsp3) is 0.682. The van der Waals surface area contributed by atoms with Crippen LogP contribution in [0.4, 0.5) is 5.82 Å². The van der Waals surface area contributed by atoms with Gasteiger partial charge in [0.15, 0.2) is 5.96 Å². The Bertz CT molecular complexity index is 694. The van der Waals surface area contributed by atoms with E-state index in [0.29, 0.717) is 18.8 Å². The Hall–Kier alpha value is -2.19. The molecule has 0 spiro atoms. The topological polar surface area (TPSA) is 90.9 Å². The summed E-state index contributed by atoms with van der Waals surface area (Å²) in [7, 11) is 1.77. The molecule has 1 aromatic rings. The molecule has 0 radical (unpaired) electrons. The Morgan fingerprint density at radius 1 is 1.20 bits per heavy atom. The van der Waals surface area contributed by atoms with Crippen LogP contribution in [0.5, 0.6) is 0 Å². The first-order valence-corrected chi connectivity index (χ1v) is 11.1. The number of aryl methyl sites for hydroxylation is 1. The summed E-state index contributed by atoms with van der Waals surface area (Å²) in [5, 5.41) is 9.61. The first-order chi connectivity index (χ1) is 14.6. The van der Waals surface area contributed by atoms with Crippen molar-refractivity contribution in [3.05, 3.63) is 23.9 Å². The van der Waals surface area contributed by atoms with Crippen LogP contribution in [-0.2, 0) is 9.53 Å². The number of carbonyl (C=O) groups excluding carboxylic acids is 1. The fourth-order valence-electron chi connectivity index (χ4n) is 4.36. The molecule has 0 bridgehead atoms. The Kier molecular flexibility index (Phi) is 8.45. The van der Waals surface area contributed by atoms with Crippen molar-refractivity contribution < 1.29 is 9.53 Å². The number of aromatic nitrogens is 1. The number of amides is 1. The Labute approximate surface area is 179 Å². The van der Waals surface area contributed by atoms with E-state index in [2.05, 4.69) is 30.8 Å². The molecule has 1 aliphatic heterocycles. The average molecular weight is 417 g/mol. The molecular formula is C22H36N6O2. The monoisotopic (exact) mass is 416 g/mol. The van der Waals surface area contributed by atoms with Gasteiger partial charge in [-0.15, -0.1) is 0 Å². The lowest BCUT2D eigenvalue weighted by Gasteiger charge is -2.48. The molecule has 2 heterocycles. The van der Waals surface area contributed by atoms with Crippen molar-refractivity contribution in [2.75, 3.05) is 51.8 Å². The minimum atomic E-state index is -0.0635. The average Bonchev–Trinajstić information content (AvgIpc) is 2.79. The van der Waals surface area contributed by atoms with Crippen LogP contribution in [0, 0.1) is 6.92 Å². The van der Waals surface area contributed by atoms with Crippen LogP contribution in [-0.4, -0.2) is 73.7 Å². The molecular weight excluding hydrogens is 380 g/mol. The van der Waals surface area contributed by atoms with Gasteiger partial charge in [-0.3, -0.25) is 14.7 Å². The number of nitrogens with one attached hydrogen (secondary N) is 3. The SMILES string of the molecule is CN=C(NCCC(=O)Nc1ccc(C)cn1)NCC1(N2CCOCC2)CCCCC1. The fourth-order valence-corrected chi connectivity index (χ4v) is 4.36. The number of guanidine groups is 1. The van der Waals surface area contributed by atoms with Crippen LogP contribution in [0.15, 0.2) is 23.3 Å². The van der Waals surface area contributed by atoms with Crippen molar-refractivity contribution in [2.24, 2.45) is 4.99 Å². The van der Waals surface area contributed by atoms with Crippen LogP contribution >= 0.6 is 0 Å². The van der Waals surface area contributed by atoms with Crippen molar-refractivity contribution in [3.8, 4) is 0 Å². The van der Waals surface area contributed by atoms with Crippen LogP contribution < -0.4 is 16.0 Å². The zero-order chi connectivity index (χ0) is 21.2. The van der Waals surface area contributed by atoms with Crippen LogP contribution in [0.3, 0.4) is 0 Å². The van der Waals surface area contributed by atoms with Crippen molar-refractivity contribution in [2.45, 2.75) is 51.0 Å². The molecule has 1 aromatic heterocycles. The normalized spacial score (nSPS) is 19.9. The molecule has 0 aromatic carbocycles. The maximum Gasteiger partial charge on any atom is 0.227 e. The summed E-state index contributed by atoms with van der Waals surface area (Å²) in [5.74, 6) is 1.26. The highest BCUT2D eigenvalue weighted by atomic mass is 16.5. The van der Waals surface area contributed by atoms with Gasteiger partial charge in [0.1, 0.15) is 5.82 Å². The number of carbonyl (C=O) groups is 1. The summed E-state index contributed by atoms with van der Waals surface area (Å²) >= 11 is 0. The van der Waals surface area contributed by atoms with Crippen molar-refractivity contribution in [1.82, 2.24) is 20.5 Å². The van der Waals surface area contributed by atoms with Crippen molar-refractivity contribution >= 4 is 17.7 Å². The predicted octanol–water partition coefficient (Wildman–Crippen LogP) is 1.92. The maximum atomic E-state index is 12.2. The largest absolute Gasteiger partial charge is 0.379 e. The molecule has 3 N–H and O–H groups in total. The smallest absolute Gasteiger partial charge is 0.227 e. The number of pyridine rings is 1. The van der Waals surface area contributed by atoms with Gasteiger partial charge in [-0.25, -0.2) is 4.98 Å². The van der Waals surface area contributed by atoms with Crippen molar-refractivity contribution in [1.29, 1.82) is 0 Å². The van der Waals surface area contributed by atoms with Crippen LogP contribution in [0.2, 0.25) is 0 Å². The maximum absolute atomic E-state index is 12.2. The summed E-state index contributed by atoms with van der Waals surface area (Å²) in [6.07, 6.45) is 8.40. The second kappa shape index (κ2) is 11.3. The van der Waals surface area contributed by atoms with Gasteiger partial charge in [-0.2, -0.15) is 0 Å². The number of hydrogen-bond acceptors (Lipinski definition) is 5. The Balaban J connectivity index is 1.45. The number of hydrogen-bond donors (Lipinski definition) is 3. The Morgan fingerprint density at radius 2 is 1.97 bits per heavy atom. The molecule has 0 atom stereocenters. The zero-order valence-electron chi connectivity index (χ0n) is 18.4. The van der Waals surface area contributed by atoms with Gasteiger partial charge < -0.3 is 20.7 Å². The lowest BCUT2D eigenvalue weighted by Crippen LogP contribution is -2.60. The lowest BCUT2D eigenvalue weighted by atomic mass is 9.80. The summed E-state index contributed by atoms with van der Waals surface area (Å²) in [6, 6.07) is 3.75. The Morgan fingerprint density at radius 3 is 2.63 bits per heavy atom. The van der Waals surface area contributed by atoms with E-state index in [4.69, 9.17) is 4.74 Å². The molecule has 2 aliphatic rings. The van der Waals surface area contributed by atoms with E-state index < -0.39 is 0 Å². The highest BCUT2D eigenvalue weighted by molar-refractivity contribution is 5.90. The number of ether oxygens (including phenoxy) is 1. The van der Waals surface area contributed by atoms with Crippen molar-refractivity contribution in [3.63, 3.8) is 0 Å². The predicted molar refractivity (Wildman–Crippen MR) is 120 cm³/mol. The number of morpholine rings is 1. The molecule has 1 saturated heterocycles. The quantitative estimate of drug-likeness (QED) is 0.465. The standard InChI is InChI=1S/C22H36N6O2/c1-18-6-7-19(25-16-18)27-20(29)8-11-24-21(23-2)26-17-22(9-4-3-5-10-22)28-12-14-30-15-13-28/h6-7,16H,3-5,8-15,17H2,1-2H3,(H2,23,24,26)(H,25,27,29). The molecule has 8 heteroatoms. The first-order valence-electron chi connectivity index (χ1n) is 11.1. The van der Waals surface area contributed by atoms with E-state index in [0.717, 1.165) is 44.4 Å².